The number of carbonyl (C=O) groups excluding carboxylic acids is 2. The molecule has 0 aromatic carbocycles. The third-order valence-corrected chi connectivity index (χ3v) is 2.39. The van der Waals surface area contributed by atoms with Gasteiger partial charge in [-0.3, -0.25) is 9.48 Å². The Morgan fingerprint density at radius 2 is 2.24 bits per heavy atom. The summed E-state index contributed by atoms with van der Waals surface area (Å²) in [5.74, 6) is -0.784. The van der Waals surface area contributed by atoms with Gasteiger partial charge in [-0.15, -0.1) is 0 Å². The third-order valence-electron chi connectivity index (χ3n) is 2.39. The van der Waals surface area contributed by atoms with Crippen molar-refractivity contribution in [3.63, 3.8) is 0 Å². The van der Waals surface area contributed by atoms with Crippen molar-refractivity contribution in [1.29, 1.82) is 0 Å². The van der Waals surface area contributed by atoms with Crippen molar-refractivity contribution in [2.45, 2.75) is 26.3 Å². The first kappa shape index (κ1) is 13.2. The first-order chi connectivity index (χ1) is 7.99. The molecule has 0 radical (unpaired) electrons. The first-order valence-electron chi connectivity index (χ1n) is 5.40. The minimum absolute atomic E-state index is 0.312. The number of hydrogen-bond donors (Lipinski definition) is 1. The third kappa shape index (κ3) is 3.05. The van der Waals surface area contributed by atoms with Crippen LogP contribution in [0.25, 0.3) is 0 Å². The maximum absolute atomic E-state index is 11.9. The first-order valence-corrected chi connectivity index (χ1v) is 5.40. The van der Waals surface area contributed by atoms with E-state index in [9.17, 15) is 9.59 Å². The van der Waals surface area contributed by atoms with E-state index in [-0.39, 0.29) is 5.91 Å². The van der Waals surface area contributed by atoms with Gasteiger partial charge in [-0.05, 0) is 13.3 Å². The van der Waals surface area contributed by atoms with Gasteiger partial charge in [-0.25, -0.2) is 4.79 Å². The largest absolute Gasteiger partial charge is 0.467 e. The van der Waals surface area contributed by atoms with E-state index in [4.69, 9.17) is 0 Å². The number of methoxy groups -OCH3 is 1. The van der Waals surface area contributed by atoms with Crippen LogP contribution in [0.4, 0.5) is 0 Å². The van der Waals surface area contributed by atoms with Crippen LogP contribution >= 0.6 is 0 Å². The standard InChI is InChI=1S/C11H17N3O3/c1-5-9-8(6-14(3)13-9)10(15)12-7(2)11(16)17-4/h6-7H,5H2,1-4H3,(H,12,15). The van der Waals surface area contributed by atoms with Crippen molar-refractivity contribution in [2.75, 3.05) is 7.11 Å². The van der Waals surface area contributed by atoms with Crippen LogP contribution in [-0.4, -0.2) is 34.8 Å². The zero-order valence-electron chi connectivity index (χ0n) is 10.5. The van der Waals surface area contributed by atoms with Crippen LogP contribution in [0.2, 0.25) is 0 Å². The van der Waals surface area contributed by atoms with Crippen molar-refractivity contribution in [2.24, 2.45) is 7.05 Å². The maximum Gasteiger partial charge on any atom is 0.328 e. The molecule has 0 aliphatic heterocycles. The Hall–Kier alpha value is -1.85. The number of aryl methyl sites for hydroxylation is 2. The van der Waals surface area contributed by atoms with Crippen LogP contribution in [0.15, 0.2) is 6.20 Å². The van der Waals surface area contributed by atoms with Gasteiger partial charge in [0.2, 0.25) is 0 Å². The second-order valence-corrected chi connectivity index (χ2v) is 3.74. The molecule has 0 fully saturated rings. The fourth-order valence-corrected chi connectivity index (χ4v) is 1.50. The highest BCUT2D eigenvalue weighted by Crippen LogP contribution is 2.07. The fourth-order valence-electron chi connectivity index (χ4n) is 1.50. The van der Waals surface area contributed by atoms with Crippen molar-refractivity contribution in [3.8, 4) is 0 Å². The fraction of sp³-hybridized carbons (Fsp3) is 0.545. The normalized spacial score (nSPS) is 12.0. The molecule has 94 valence electrons. The number of rotatable bonds is 4. The number of carbonyl (C=O) groups is 2. The molecule has 1 amide bonds. The van der Waals surface area contributed by atoms with E-state index in [1.165, 1.54) is 7.11 Å². The van der Waals surface area contributed by atoms with E-state index < -0.39 is 12.0 Å². The Morgan fingerprint density at radius 3 is 2.76 bits per heavy atom. The number of ether oxygens (including phenoxy) is 1. The summed E-state index contributed by atoms with van der Waals surface area (Å²) < 4.78 is 6.12. The molecule has 1 aromatic heterocycles. The van der Waals surface area contributed by atoms with Gasteiger partial charge in [0.25, 0.3) is 5.91 Å². The summed E-state index contributed by atoms with van der Waals surface area (Å²) in [6.45, 7) is 3.49. The molecular formula is C11H17N3O3. The van der Waals surface area contributed by atoms with E-state index in [1.807, 2.05) is 6.92 Å². The Kier molecular flexibility index (Phi) is 4.25. The molecule has 17 heavy (non-hydrogen) atoms. The summed E-state index contributed by atoms with van der Waals surface area (Å²) in [6, 6.07) is -0.669. The lowest BCUT2D eigenvalue weighted by Gasteiger charge is -2.10. The Bertz CT molecular complexity index is 426. The number of esters is 1. The zero-order valence-corrected chi connectivity index (χ0v) is 10.5. The van der Waals surface area contributed by atoms with Crippen molar-refractivity contribution >= 4 is 11.9 Å². The van der Waals surface area contributed by atoms with Crippen LogP contribution in [0.1, 0.15) is 29.9 Å². The van der Waals surface area contributed by atoms with Crippen LogP contribution in [-0.2, 0) is 23.0 Å². The molecule has 1 aromatic rings. The number of nitrogens with one attached hydrogen (secondary N) is 1. The summed E-state index contributed by atoms with van der Waals surface area (Å²) in [4.78, 5) is 23.1. The minimum atomic E-state index is -0.669. The lowest BCUT2D eigenvalue weighted by atomic mass is 10.2. The van der Waals surface area contributed by atoms with Gasteiger partial charge in [0.05, 0.1) is 18.4 Å². The van der Waals surface area contributed by atoms with Gasteiger partial charge in [0, 0.05) is 13.2 Å². The van der Waals surface area contributed by atoms with Crippen LogP contribution < -0.4 is 5.32 Å². The minimum Gasteiger partial charge on any atom is -0.467 e. The quantitative estimate of drug-likeness (QED) is 0.766. The summed E-state index contributed by atoms with van der Waals surface area (Å²) >= 11 is 0. The average Bonchev–Trinajstić information content (AvgIpc) is 2.69. The summed E-state index contributed by atoms with van der Waals surface area (Å²) in [5.41, 5.74) is 1.20. The average molecular weight is 239 g/mol. The predicted octanol–water partition coefficient (Wildman–Crippen LogP) is 0.274. The summed E-state index contributed by atoms with van der Waals surface area (Å²) in [7, 11) is 3.03. The van der Waals surface area contributed by atoms with Crippen LogP contribution in [0.5, 0.6) is 0 Å². The number of nitrogens with zero attached hydrogens (tertiary/aromatic N) is 2. The highest BCUT2D eigenvalue weighted by molar-refractivity contribution is 5.97. The lowest BCUT2D eigenvalue weighted by Crippen LogP contribution is -2.39. The second-order valence-electron chi connectivity index (χ2n) is 3.74. The molecule has 1 rings (SSSR count). The lowest BCUT2D eigenvalue weighted by molar-refractivity contribution is -0.142. The van der Waals surface area contributed by atoms with Crippen LogP contribution in [0, 0.1) is 0 Å². The number of amides is 1. The van der Waals surface area contributed by atoms with Gasteiger partial charge >= 0.3 is 5.97 Å². The molecule has 0 aliphatic rings. The highest BCUT2D eigenvalue weighted by atomic mass is 16.5. The SMILES string of the molecule is CCc1nn(C)cc1C(=O)NC(C)C(=O)OC. The van der Waals surface area contributed by atoms with Crippen molar-refractivity contribution in [1.82, 2.24) is 15.1 Å². The summed E-state index contributed by atoms with van der Waals surface area (Å²) in [6.07, 6.45) is 2.30. The van der Waals surface area contributed by atoms with E-state index in [0.29, 0.717) is 17.7 Å². The molecule has 0 spiro atoms. The monoisotopic (exact) mass is 239 g/mol. The van der Waals surface area contributed by atoms with Gasteiger partial charge < -0.3 is 10.1 Å². The molecule has 0 aliphatic carbocycles. The number of aromatic nitrogens is 2. The van der Waals surface area contributed by atoms with E-state index in [2.05, 4.69) is 15.2 Å². The zero-order chi connectivity index (χ0) is 13.0. The van der Waals surface area contributed by atoms with E-state index >= 15 is 0 Å². The second kappa shape index (κ2) is 5.47. The molecule has 1 N–H and O–H groups in total. The molecule has 6 heteroatoms. The Morgan fingerprint density at radius 1 is 1.59 bits per heavy atom. The topological polar surface area (TPSA) is 73.2 Å². The van der Waals surface area contributed by atoms with Gasteiger partial charge in [0.1, 0.15) is 6.04 Å². The van der Waals surface area contributed by atoms with Gasteiger partial charge in [-0.1, -0.05) is 6.92 Å². The van der Waals surface area contributed by atoms with Gasteiger partial charge in [-0.2, -0.15) is 5.10 Å². The summed E-state index contributed by atoms with van der Waals surface area (Å²) in [5, 5.41) is 6.73. The smallest absolute Gasteiger partial charge is 0.328 e. The maximum atomic E-state index is 11.9. The van der Waals surface area contributed by atoms with Crippen molar-refractivity contribution in [3.05, 3.63) is 17.5 Å². The number of hydrogen-bond acceptors (Lipinski definition) is 4. The highest BCUT2D eigenvalue weighted by Gasteiger charge is 2.20. The van der Waals surface area contributed by atoms with E-state index in [1.54, 1.807) is 24.9 Å². The Balaban J connectivity index is 2.79. The van der Waals surface area contributed by atoms with Crippen LogP contribution in [0.3, 0.4) is 0 Å². The van der Waals surface area contributed by atoms with Gasteiger partial charge in [0.15, 0.2) is 0 Å². The predicted molar refractivity (Wildman–Crippen MR) is 61.5 cm³/mol. The molecule has 0 saturated carbocycles. The molecule has 0 saturated heterocycles. The molecule has 1 atom stereocenters. The van der Waals surface area contributed by atoms with Crippen molar-refractivity contribution < 1.29 is 14.3 Å². The molecular weight excluding hydrogens is 222 g/mol. The Labute approximate surface area is 99.9 Å². The van der Waals surface area contributed by atoms with E-state index in [0.717, 1.165) is 0 Å². The molecule has 0 bridgehead atoms. The molecule has 1 heterocycles. The molecule has 6 nitrogen and oxygen atoms in total. The molecule has 1 unspecified atom stereocenters.